The molecule has 0 saturated carbocycles. The Morgan fingerprint density at radius 3 is 1.32 bits per heavy atom. The second kappa shape index (κ2) is 5.03. The summed E-state index contributed by atoms with van der Waals surface area (Å²) in [5, 5.41) is 0. The first-order valence-electron chi connectivity index (χ1n) is 5.76. The van der Waals surface area contributed by atoms with Crippen molar-refractivity contribution in [1.82, 2.24) is 0 Å². The fourth-order valence-electron chi connectivity index (χ4n) is 2.17. The van der Waals surface area contributed by atoms with Crippen LogP contribution < -0.4 is 0 Å². The van der Waals surface area contributed by atoms with Crippen molar-refractivity contribution < 1.29 is 17.6 Å². The van der Waals surface area contributed by atoms with Crippen molar-refractivity contribution in [2.75, 3.05) is 6.67 Å². The monoisotopic (exact) mass is 268 g/mol. The Hall–Kier alpha value is -1.84. The summed E-state index contributed by atoms with van der Waals surface area (Å²) in [4.78, 5) is 0. The van der Waals surface area contributed by atoms with E-state index in [1.807, 2.05) is 0 Å². The Bertz CT molecular complexity index is 477. The lowest BCUT2D eigenvalue weighted by Gasteiger charge is -2.34. The van der Waals surface area contributed by atoms with Crippen LogP contribution in [0.2, 0.25) is 0 Å². The minimum atomic E-state index is -4.70. The van der Waals surface area contributed by atoms with Crippen LogP contribution in [-0.2, 0) is 5.41 Å². The zero-order chi connectivity index (χ0) is 13.9. The minimum Gasteiger partial charge on any atom is -0.249 e. The molecular weight excluding hydrogens is 256 g/mol. The van der Waals surface area contributed by atoms with Crippen molar-refractivity contribution in [3.05, 3.63) is 71.8 Å². The van der Waals surface area contributed by atoms with Gasteiger partial charge in [-0.25, -0.2) is 4.39 Å². The third-order valence-corrected chi connectivity index (χ3v) is 3.22. The summed E-state index contributed by atoms with van der Waals surface area (Å²) in [6.45, 7) is -1.52. The molecule has 0 saturated heterocycles. The van der Waals surface area contributed by atoms with Crippen LogP contribution >= 0.6 is 0 Å². The van der Waals surface area contributed by atoms with Crippen molar-refractivity contribution in [2.24, 2.45) is 0 Å². The Morgan fingerprint density at radius 1 is 0.684 bits per heavy atom. The van der Waals surface area contributed by atoms with Crippen LogP contribution in [0.4, 0.5) is 17.6 Å². The van der Waals surface area contributed by atoms with Crippen molar-refractivity contribution in [1.29, 1.82) is 0 Å². The number of halogens is 4. The molecule has 0 nitrogen and oxygen atoms in total. The third-order valence-electron chi connectivity index (χ3n) is 3.22. The SMILES string of the molecule is FCC(c1ccccc1)(c1ccccc1)C(F)(F)F. The molecule has 0 amide bonds. The van der Waals surface area contributed by atoms with Crippen LogP contribution in [0.3, 0.4) is 0 Å². The molecule has 0 aliphatic rings. The van der Waals surface area contributed by atoms with Gasteiger partial charge in [0, 0.05) is 0 Å². The molecule has 0 radical (unpaired) electrons. The molecule has 100 valence electrons. The van der Waals surface area contributed by atoms with E-state index in [2.05, 4.69) is 0 Å². The second-order valence-electron chi connectivity index (χ2n) is 4.27. The molecule has 19 heavy (non-hydrogen) atoms. The topological polar surface area (TPSA) is 0 Å². The van der Waals surface area contributed by atoms with Crippen molar-refractivity contribution in [3.8, 4) is 0 Å². The largest absolute Gasteiger partial charge is 0.404 e. The van der Waals surface area contributed by atoms with E-state index in [0.717, 1.165) is 0 Å². The fourth-order valence-corrected chi connectivity index (χ4v) is 2.17. The number of hydrogen-bond donors (Lipinski definition) is 0. The molecule has 0 atom stereocenters. The Balaban J connectivity index is 2.70. The first-order valence-corrected chi connectivity index (χ1v) is 5.76. The first kappa shape index (κ1) is 13.6. The highest BCUT2D eigenvalue weighted by Gasteiger charge is 2.57. The van der Waals surface area contributed by atoms with Gasteiger partial charge in [0.25, 0.3) is 0 Å². The van der Waals surface area contributed by atoms with Crippen molar-refractivity contribution >= 4 is 0 Å². The van der Waals surface area contributed by atoms with Crippen LogP contribution in [0.1, 0.15) is 11.1 Å². The van der Waals surface area contributed by atoms with E-state index in [9.17, 15) is 17.6 Å². The summed E-state index contributed by atoms with van der Waals surface area (Å²) in [5.41, 5.74) is -2.78. The van der Waals surface area contributed by atoms with Gasteiger partial charge < -0.3 is 0 Å². The highest BCUT2D eigenvalue weighted by molar-refractivity contribution is 5.41. The molecule has 0 aliphatic heterocycles. The lowest BCUT2D eigenvalue weighted by molar-refractivity contribution is -0.182. The van der Waals surface area contributed by atoms with E-state index >= 15 is 0 Å². The molecule has 0 bridgehead atoms. The van der Waals surface area contributed by atoms with E-state index in [-0.39, 0.29) is 11.1 Å². The Labute approximate surface area is 108 Å². The zero-order valence-electron chi connectivity index (χ0n) is 9.99. The van der Waals surface area contributed by atoms with Crippen LogP contribution in [0.5, 0.6) is 0 Å². The van der Waals surface area contributed by atoms with Gasteiger partial charge in [0.15, 0.2) is 0 Å². The molecule has 2 rings (SSSR count). The molecule has 0 unspecified atom stereocenters. The highest BCUT2D eigenvalue weighted by atomic mass is 19.4. The van der Waals surface area contributed by atoms with E-state index in [1.165, 1.54) is 48.5 Å². The fraction of sp³-hybridized carbons (Fsp3) is 0.200. The standard InChI is InChI=1S/C15H12F4/c16-11-14(15(17,18)19,12-7-3-1-4-8-12)13-9-5-2-6-10-13/h1-10H,11H2. The van der Waals surface area contributed by atoms with Gasteiger partial charge in [0.1, 0.15) is 12.1 Å². The summed E-state index contributed by atoms with van der Waals surface area (Å²) in [6, 6.07) is 14.4. The zero-order valence-corrected chi connectivity index (χ0v) is 9.99. The molecular formula is C15H12F4. The minimum absolute atomic E-state index is 0.0869. The Morgan fingerprint density at radius 2 is 1.05 bits per heavy atom. The quantitative estimate of drug-likeness (QED) is 0.719. The lowest BCUT2D eigenvalue weighted by Crippen LogP contribution is -2.45. The molecule has 0 spiro atoms. The molecule has 2 aromatic carbocycles. The van der Waals surface area contributed by atoms with Crippen LogP contribution in [-0.4, -0.2) is 12.9 Å². The number of rotatable bonds is 3. The number of hydrogen-bond acceptors (Lipinski definition) is 0. The van der Waals surface area contributed by atoms with E-state index < -0.39 is 18.3 Å². The molecule has 2 aromatic rings. The summed E-state index contributed by atoms with van der Waals surface area (Å²) in [5.74, 6) is 0. The molecule has 0 aromatic heterocycles. The summed E-state index contributed by atoms with van der Waals surface area (Å²) >= 11 is 0. The third kappa shape index (κ3) is 2.23. The maximum absolute atomic E-state index is 13.5. The van der Waals surface area contributed by atoms with Crippen molar-refractivity contribution in [2.45, 2.75) is 11.6 Å². The second-order valence-corrected chi connectivity index (χ2v) is 4.27. The van der Waals surface area contributed by atoms with Crippen LogP contribution in [0.15, 0.2) is 60.7 Å². The van der Waals surface area contributed by atoms with E-state index in [4.69, 9.17) is 0 Å². The maximum atomic E-state index is 13.5. The summed E-state index contributed by atoms with van der Waals surface area (Å²) in [6.07, 6.45) is -4.70. The predicted octanol–water partition coefficient (Wildman–Crippen LogP) is 4.50. The maximum Gasteiger partial charge on any atom is 0.404 e. The summed E-state index contributed by atoms with van der Waals surface area (Å²) in [7, 11) is 0. The first-order chi connectivity index (χ1) is 9.02. The van der Waals surface area contributed by atoms with E-state index in [1.54, 1.807) is 12.1 Å². The summed E-state index contributed by atoms with van der Waals surface area (Å²) < 4.78 is 54.0. The molecule has 0 aliphatic carbocycles. The average Bonchev–Trinajstić information content (AvgIpc) is 2.41. The van der Waals surface area contributed by atoms with Gasteiger partial charge in [-0.1, -0.05) is 60.7 Å². The lowest BCUT2D eigenvalue weighted by atomic mass is 9.75. The van der Waals surface area contributed by atoms with Crippen molar-refractivity contribution in [3.63, 3.8) is 0 Å². The van der Waals surface area contributed by atoms with Gasteiger partial charge >= 0.3 is 6.18 Å². The van der Waals surface area contributed by atoms with Gasteiger partial charge in [0.2, 0.25) is 0 Å². The van der Waals surface area contributed by atoms with Gasteiger partial charge in [-0.15, -0.1) is 0 Å². The normalized spacial score (nSPS) is 12.4. The predicted molar refractivity (Wildman–Crippen MR) is 65.7 cm³/mol. The number of alkyl halides is 4. The highest BCUT2D eigenvalue weighted by Crippen LogP contribution is 2.46. The molecule has 0 fully saturated rings. The van der Waals surface area contributed by atoms with Gasteiger partial charge in [-0.2, -0.15) is 13.2 Å². The number of benzene rings is 2. The van der Waals surface area contributed by atoms with Gasteiger partial charge in [-0.05, 0) is 11.1 Å². The smallest absolute Gasteiger partial charge is 0.249 e. The Kier molecular flexibility index (Phi) is 3.60. The molecule has 0 N–H and O–H groups in total. The van der Waals surface area contributed by atoms with Gasteiger partial charge in [0.05, 0.1) is 0 Å². The molecule has 0 heterocycles. The van der Waals surface area contributed by atoms with Crippen LogP contribution in [0, 0.1) is 0 Å². The van der Waals surface area contributed by atoms with Crippen LogP contribution in [0.25, 0.3) is 0 Å². The molecule has 4 heteroatoms. The van der Waals surface area contributed by atoms with Gasteiger partial charge in [-0.3, -0.25) is 0 Å². The average molecular weight is 268 g/mol. The van der Waals surface area contributed by atoms with E-state index in [0.29, 0.717) is 0 Å².